The summed E-state index contributed by atoms with van der Waals surface area (Å²) in [6, 6.07) is 11.8. The van der Waals surface area contributed by atoms with E-state index in [0.717, 1.165) is 36.0 Å². The highest BCUT2D eigenvalue weighted by molar-refractivity contribution is 5.70. The fourth-order valence-electron chi connectivity index (χ4n) is 5.14. The quantitative estimate of drug-likeness (QED) is 0.349. The van der Waals surface area contributed by atoms with E-state index in [1.807, 2.05) is 12.1 Å². The molecule has 5 nitrogen and oxygen atoms in total. The molecular weight excluding hydrogens is 464 g/mol. The smallest absolute Gasteiger partial charge is 0.303 e. The Bertz CT molecular complexity index is 1260. The second-order valence-corrected chi connectivity index (χ2v) is 10.0. The standard InChI is InChI=1S/C29H31F2NO4/c1-29(2)10-4-5-25(29)23-13-19(6-8-22(23)24-15-27(35-3)32-16-26(24)31)17-36-21-12-18(7-9-28(33)34)11-20(30)14-21/h6,8,11-16,25H,4-5,7,9-10,17H2,1-3H3,(H,33,34). The van der Waals surface area contributed by atoms with Gasteiger partial charge in [-0.05, 0) is 65.0 Å². The molecule has 4 rings (SSSR count). The minimum absolute atomic E-state index is 0.0590. The summed E-state index contributed by atoms with van der Waals surface area (Å²) in [4.78, 5) is 14.8. The van der Waals surface area contributed by atoms with E-state index in [-0.39, 0.29) is 30.8 Å². The van der Waals surface area contributed by atoms with E-state index < -0.39 is 17.6 Å². The minimum Gasteiger partial charge on any atom is -0.489 e. The highest BCUT2D eigenvalue weighted by Crippen LogP contribution is 2.51. The van der Waals surface area contributed by atoms with Crippen LogP contribution in [0, 0.1) is 17.0 Å². The highest BCUT2D eigenvalue weighted by Gasteiger charge is 2.37. The maximum absolute atomic E-state index is 14.9. The van der Waals surface area contributed by atoms with Crippen molar-refractivity contribution in [2.75, 3.05) is 7.11 Å². The van der Waals surface area contributed by atoms with Gasteiger partial charge in [0.1, 0.15) is 24.0 Å². The maximum atomic E-state index is 14.9. The Morgan fingerprint density at radius 2 is 1.92 bits per heavy atom. The molecule has 1 saturated carbocycles. The van der Waals surface area contributed by atoms with Crippen molar-refractivity contribution in [3.05, 3.63) is 77.0 Å². The zero-order chi connectivity index (χ0) is 25.9. The fraction of sp³-hybridized carbons (Fsp3) is 0.379. The van der Waals surface area contributed by atoms with Gasteiger partial charge in [-0.1, -0.05) is 38.5 Å². The number of carbonyl (C=O) groups is 1. The van der Waals surface area contributed by atoms with Gasteiger partial charge >= 0.3 is 5.97 Å². The summed E-state index contributed by atoms with van der Waals surface area (Å²) in [7, 11) is 1.50. The van der Waals surface area contributed by atoms with Gasteiger partial charge in [-0.15, -0.1) is 0 Å². The van der Waals surface area contributed by atoms with Crippen molar-refractivity contribution in [3.63, 3.8) is 0 Å². The maximum Gasteiger partial charge on any atom is 0.303 e. The third-order valence-corrected chi connectivity index (χ3v) is 7.04. The third kappa shape index (κ3) is 5.83. The van der Waals surface area contributed by atoms with Crippen molar-refractivity contribution in [1.29, 1.82) is 0 Å². The number of hydrogen-bond acceptors (Lipinski definition) is 4. The van der Waals surface area contributed by atoms with Crippen molar-refractivity contribution in [3.8, 4) is 22.8 Å². The SMILES string of the molecule is COc1cc(-c2ccc(COc3cc(F)cc(CCC(=O)O)c3)cc2C2CCCC2(C)C)c(F)cn1. The Labute approximate surface area is 210 Å². The molecule has 1 aliphatic rings. The van der Waals surface area contributed by atoms with Crippen molar-refractivity contribution in [2.24, 2.45) is 5.41 Å². The summed E-state index contributed by atoms with van der Waals surface area (Å²) in [5, 5.41) is 8.91. The summed E-state index contributed by atoms with van der Waals surface area (Å²) in [6.07, 6.45) is 4.51. The number of halogens is 2. The van der Waals surface area contributed by atoms with Crippen LogP contribution in [0.3, 0.4) is 0 Å². The van der Waals surface area contributed by atoms with Crippen molar-refractivity contribution in [2.45, 2.75) is 58.5 Å². The summed E-state index contributed by atoms with van der Waals surface area (Å²) in [5.41, 5.74) is 3.81. The molecule has 1 heterocycles. The molecule has 7 heteroatoms. The molecule has 190 valence electrons. The van der Waals surface area contributed by atoms with Gasteiger partial charge in [-0.2, -0.15) is 0 Å². The van der Waals surface area contributed by atoms with Crippen LogP contribution in [0.25, 0.3) is 11.1 Å². The predicted octanol–water partition coefficient (Wildman–Crippen LogP) is 6.93. The third-order valence-electron chi connectivity index (χ3n) is 7.04. The van der Waals surface area contributed by atoms with E-state index in [1.54, 1.807) is 12.1 Å². The second kappa shape index (κ2) is 10.6. The van der Waals surface area contributed by atoms with Gasteiger partial charge < -0.3 is 14.6 Å². The van der Waals surface area contributed by atoms with Gasteiger partial charge in [0, 0.05) is 24.1 Å². The number of aliphatic carboxylic acids is 1. The number of ether oxygens (including phenoxy) is 2. The van der Waals surface area contributed by atoms with Gasteiger partial charge in [-0.25, -0.2) is 13.8 Å². The number of carboxylic acids is 1. The lowest BCUT2D eigenvalue weighted by atomic mass is 9.75. The molecule has 1 unspecified atom stereocenters. The average molecular weight is 496 g/mol. The summed E-state index contributed by atoms with van der Waals surface area (Å²) in [6.45, 7) is 4.68. The zero-order valence-electron chi connectivity index (χ0n) is 20.8. The van der Waals surface area contributed by atoms with Gasteiger partial charge in [-0.3, -0.25) is 4.79 Å². The number of carboxylic acid groups (broad SMARTS) is 1. The molecule has 0 aliphatic heterocycles. The van der Waals surface area contributed by atoms with E-state index in [2.05, 4.69) is 24.9 Å². The van der Waals surface area contributed by atoms with E-state index in [1.165, 1.54) is 25.4 Å². The number of aryl methyl sites for hydroxylation is 1. The van der Waals surface area contributed by atoms with E-state index >= 15 is 0 Å². The van der Waals surface area contributed by atoms with Crippen LogP contribution < -0.4 is 9.47 Å². The minimum atomic E-state index is -0.938. The lowest BCUT2D eigenvalue weighted by Gasteiger charge is -2.30. The number of pyridine rings is 1. The summed E-state index contributed by atoms with van der Waals surface area (Å²) >= 11 is 0. The lowest BCUT2D eigenvalue weighted by Crippen LogP contribution is -2.17. The molecule has 1 N–H and O–H groups in total. The zero-order valence-corrected chi connectivity index (χ0v) is 20.8. The molecular formula is C29H31F2NO4. The largest absolute Gasteiger partial charge is 0.489 e. The fourth-order valence-corrected chi connectivity index (χ4v) is 5.14. The first-order valence-corrected chi connectivity index (χ1v) is 12.1. The Balaban J connectivity index is 1.65. The number of benzene rings is 2. The Hall–Kier alpha value is -3.48. The van der Waals surface area contributed by atoms with Gasteiger partial charge in [0.15, 0.2) is 0 Å². The molecule has 0 radical (unpaired) electrons. The van der Waals surface area contributed by atoms with E-state index in [9.17, 15) is 13.6 Å². The molecule has 1 aliphatic carbocycles. The summed E-state index contributed by atoms with van der Waals surface area (Å²) in [5.74, 6) is -0.896. The van der Waals surface area contributed by atoms with Crippen molar-refractivity contribution >= 4 is 5.97 Å². The average Bonchev–Trinajstić information content (AvgIpc) is 3.20. The van der Waals surface area contributed by atoms with Gasteiger partial charge in [0.05, 0.1) is 13.3 Å². The van der Waals surface area contributed by atoms with Crippen molar-refractivity contribution < 1.29 is 28.2 Å². The van der Waals surface area contributed by atoms with Crippen LogP contribution in [0.5, 0.6) is 11.6 Å². The lowest BCUT2D eigenvalue weighted by molar-refractivity contribution is -0.136. The van der Waals surface area contributed by atoms with Crippen LogP contribution in [0.15, 0.2) is 48.7 Å². The molecule has 0 spiro atoms. The first kappa shape index (κ1) is 25.6. The molecule has 1 atom stereocenters. The summed E-state index contributed by atoms with van der Waals surface area (Å²) < 4.78 is 40.1. The molecule has 2 aromatic carbocycles. The van der Waals surface area contributed by atoms with Crippen LogP contribution in [0.4, 0.5) is 8.78 Å². The normalized spacial score (nSPS) is 16.6. The molecule has 3 aromatic rings. The molecule has 1 aromatic heterocycles. The second-order valence-electron chi connectivity index (χ2n) is 10.0. The Morgan fingerprint density at radius 1 is 1.11 bits per heavy atom. The van der Waals surface area contributed by atoms with Crippen LogP contribution in [0.1, 0.15) is 62.1 Å². The van der Waals surface area contributed by atoms with Crippen molar-refractivity contribution in [1.82, 2.24) is 4.98 Å². The van der Waals surface area contributed by atoms with Gasteiger partial charge in [0.25, 0.3) is 0 Å². The number of rotatable bonds is 9. The van der Waals surface area contributed by atoms with Crippen LogP contribution in [-0.4, -0.2) is 23.2 Å². The van der Waals surface area contributed by atoms with Crippen LogP contribution >= 0.6 is 0 Å². The van der Waals surface area contributed by atoms with E-state index in [0.29, 0.717) is 22.8 Å². The number of methoxy groups -OCH3 is 1. The number of aromatic nitrogens is 1. The first-order chi connectivity index (χ1) is 17.2. The Kier molecular flexibility index (Phi) is 7.57. The topological polar surface area (TPSA) is 68.7 Å². The first-order valence-electron chi connectivity index (χ1n) is 12.1. The van der Waals surface area contributed by atoms with E-state index in [4.69, 9.17) is 14.6 Å². The van der Waals surface area contributed by atoms with Gasteiger partial charge in [0.2, 0.25) is 5.88 Å². The monoisotopic (exact) mass is 495 g/mol. The molecule has 36 heavy (non-hydrogen) atoms. The predicted molar refractivity (Wildman–Crippen MR) is 133 cm³/mol. The Morgan fingerprint density at radius 3 is 2.61 bits per heavy atom. The molecule has 0 saturated heterocycles. The molecule has 0 amide bonds. The molecule has 0 bridgehead atoms. The number of nitrogens with zero attached hydrogens (tertiary/aromatic N) is 1. The highest BCUT2D eigenvalue weighted by atomic mass is 19.1. The van der Waals surface area contributed by atoms with Crippen LogP contribution in [0.2, 0.25) is 0 Å². The van der Waals surface area contributed by atoms with Crippen LogP contribution in [-0.2, 0) is 17.8 Å². The number of hydrogen-bond donors (Lipinski definition) is 1. The molecule has 1 fully saturated rings.